The topological polar surface area (TPSA) is 121 Å². The van der Waals surface area contributed by atoms with Gasteiger partial charge in [-0.25, -0.2) is 22.2 Å². The number of hydrogen-bond acceptors (Lipinski definition) is 6. The van der Waals surface area contributed by atoms with Gasteiger partial charge >= 0.3 is 0 Å². The van der Waals surface area contributed by atoms with Crippen LogP contribution in [0.4, 0.5) is 20.3 Å². The van der Waals surface area contributed by atoms with Crippen LogP contribution in [0.1, 0.15) is 49.0 Å². The molecule has 35 heavy (non-hydrogen) atoms. The van der Waals surface area contributed by atoms with E-state index in [0.717, 1.165) is 44.6 Å². The lowest BCUT2D eigenvalue weighted by Crippen LogP contribution is -2.39. The van der Waals surface area contributed by atoms with Gasteiger partial charge in [-0.3, -0.25) is 9.52 Å². The van der Waals surface area contributed by atoms with Gasteiger partial charge in [0, 0.05) is 19.3 Å². The first-order chi connectivity index (χ1) is 16.7. The summed E-state index contributed by atoms with van der Waals surface area (Å²) in [5.41, 5.74) is -0.923. The maximum Gasteiger partial charge on any atom is 0.232 e. The van der Waals surface area contributed by atoms with Gasteiger partial charge in [-0.05, 0) is 37.9 Å². The second kappa shape index (κ2) is 10.2. The number of likely N-dealkylation sites (tertiary alicyclic amines) is 1. The SMILES string of the molecule is CCCS(=O)(=O)Nc1ccc(F)c(C(=O)c2c[nH]c3nc[nH+]c(NC4CCN(CC)CC4)c23)c1F. The number of fused-ring (bicyclic) bond motifs is 1. The second-order valence-corrected chi connectivity index (χ2v) is 10.4. The Morgan fingerprint density at radius 1 is 1.26 bits per heavy atom. The molecule has 0 unspecified atom stereocenters. The van der Waals surface area contributed by atoms with E-state index in [2.05, 4.69) is 36.8 Å². The maximum absolute atomic E-state index is 15.2. The number of aromatic nitrogens is 3. The highest BCUT2D eigenvalue weighted by Crippen LogP contribution is 2.30. The van der Waals surface area contributed by atoms with E-state index in [1.807, 2.05) is 0 Å². The summed E-state index contributed by atoms with van der Waals surface area (Å²) in [4.78, 5) is 25.8. The number of piperidine rings is 1. The van der Waals surface area contributed by atoms with Crippen LogP contribution in [0.25, 0.3) is 11.0 Å². The van der Waals surface area contributed by atoms with Gasteiger partial charge in [0.25, 0.3) is 0 Å². The van der Waals surface area contributed by atoms with E-state index in [9.17, 15) is 17.6 Å². The Labute approximate surface area is 202 Å². The fourth-order valence-electron chi connectivity index (χ4n) is 4.35. The van der Waals surface area contributed by atoms with Gasteiger partial charge in [-0.2, -0.15) is 0 Å². The van der Waals surface area contributed by atoms with E-state index >= 15 is 4.39 Å². The third-order valence-electron chi connectivity index (χ3n) is 6.20. The van der Waals surface area contributed by atoms with Crippen molar-refractivity contribution in [2.45, 2.75) is 39.2 Å². The van der Waals surface area contributed by atoms with Crippen molar-refractivity contribution in [3.63, 3.8) is 0 Å². The lowest BCUT2D eigenvalue weighted by molar-refractivity contribution is -0.364. The van der Waals surface area contributed by atoms with Crippen LogP contribution in [-0.2, 0) is 10.0 Å². The quantitative estimate of drug-likeness (QED) is 0.383. The highest BCUT2D eigenvalue weighted by Gasteiger charge is 2.29. The van der Waals surface area contributed by atoms with Gasteiger partial charge in [0.15, 0.2) is 5.82 Å². The number of sulfonamides is 1. The summed E-state index contributed by atoms with van der Waals surface area (Å²) >= 11 is 0. The van der Waals surface area contributed by atoms with E-state index in [0.29, 0.717) is 23.3 Å². The van der Waals surface area contributed by atoms with E-state index in [4.69, 9.17) is 0 Å². The van der Waals surface area contributed by atoms with Crippen LogP contribution in [0, 0.1) is 11.6 Å². The van der Waals surface area contributed by atoms with Crippen molar-refractivity contribution >= 4 is 38.3 Å². The van der Waals surface area contributed by atoms with E-state index in [1.54, 1.807) is 6.92 Å². The minimum Gasteiger partial charge on any atom is -0.332 e. The van der Waals surface area contributed by atoms with Crippen molar-refractivity contribution < 1.29 is 27.0 Å². The number of rotatable bonds is 9. The molecule has 4 N–H and O–H groups in total. The molecule has 4 rings (SSSR count). The van der Waals surface area contributed by atoms with Crippen molar-refractivity contribution in [3.8, 4) is 0 Å². The van der Waals surface area contributed by atoms with Crippen LogP contribution < -0.4 is 15.0 Å². The number of benzene rings is 1. The van der Waals surface area contributed by atoms with Crippen LogP contribution in [0.15, 0.2) is 24.7 Å². The largest absolute Gasteiger partial charge is 0.332 e. The standard InChI is InChI=1S/C23H28F2N6O3S/c1-3-11-35(33,34)30-17-6-5-16(24)19(20(17)25)21(32)15-12-26-22-18(15)23(28-13-27-22)29-14-7-9-31(4-2)10-8-14/h5-6,12-14,30H,3-4,7-11H2,1-2H3,(H2,26,27,28,29)/p+1. The molecule has 0 atom stereocenters. The summed E-state index contributed by atoms with van der Waals surface area (Å²) in [6.07, 6.45) is 4.95. The molecule has 0 aliphatic carbocycles. The Kier molecular flexibility index (Phi) is 7.31. The molecule has 1 fully saturated rings. The Morgan fingerprint density at radius 2 is 2.00 bits per heavy atom. The van der Waals surface area contributed by atoms with Gasteiger partial charge in [0.2, 0.25) is 33.6 Å². The van der Waals surface area contributed by atoms with Gasteiger partial charge in [-0.1, -0.05) is 18.8 Å². The molecule has 1 aliphatic heterocycles. The predicted octanol–water partition coefficient (Wildman–Crippen LogP) is 2.93. The number of anilines is 2. The minimum atomic E-state index is -3.84. The third-order valence-corrected chi connectivity index (χ3v) is 7.67. The Hall–Kier alpha value is -3.12. The summed E-state index contributed by atoms with van der Waals surface area (Å²) in [6, 6.07) is 2.00. The molecule has 0 bridgehead atoms. The number of nitrogens with one attached hydrogen (secondary N) is 4. The summed E-state index contributed by atoms with van der Waals surface area (Å²) in [6.45, 7) is 6.65. The number of aromatic amines is 2. The monoisotopic (exact) mass is 507 g/mol. The fourth-order valence-corrected chi connectivity index (χ4v) is 5.49. The molecule has 12 heteroatoms. The first-order valence-electron chi connectivity index (χ1n) is 11.6. The Balaban J connectivity index is 1.69. The van der Waals surface area contributed by atoms with Gasteiger partial charge in [0.05, 0.1) is 28.6 Å². The number of carbonyl (C=O) groups excluding carboxylic acids is 1. The number of H-pyrrole nitrogens is 2. The Bertz CT molecular complexity index is 1340. The van der Waals surface area contributed by atoms with Crippen LogP contribution in [0.5, 0.6) is 0 Å². The number of nitrogens with zero attached hydrogens (tertiary/aromatic N) is 2. The molecule has 188 valence electrons. The molecule has 3 heterocycles. The van der Waals surface area contributed by atoms with Crippen LogP contribution in [-0.4, -0.2) is 60.5 Å². The van der Waals surface area contributed by atoms with E-state index < -0.39 is 38.7 Å². The molecule has 2 aromatic heterocycles. The molecule has 0 spiro atoms. The molecule has 0 radical (unpaired) electrons. The van der Waals surface area contributed by atoms with Gasteiger partial charge < -0.3 is 15.2 Å². The summed E-state index contributed by atoms with van der Waals surface area (Å²) in [5.74, 6) is -2.99. The molecule has 0 saturated carbocycles. The summed E-state index contributed by atoms with van der Waals surface area (Å²) in [5, 5.41) is 3.79. The highest BCUT2D eigenvalue weighted by molar-refractivity contribution is 7.92. The summed E-state index contributed by atoms with van der Waals surface area (Å²) in [7, 11) is -3.84. The van der Waals surface area contributed by atoms with Crippen molar-refractivity contribution in [1.82, 2.24) is 14.9 Å². The first-order valence-corrected chi connectivity index (χ1v) is 13.3. The molecular weight excluding hydrogens is 478 g/mol. The van der Waals surface area contributed by atoms with Crippen LogP contribution in [0.3, 0.4) is 0 Å². The number of hydrogen-bond donors (Lipinski definition) is 3. The highest BCUT2D eigenvalue weighted by atomic mass is 32.2. The molecule has 3 aromatic rings. The maximum atomic E-state index is 15.2. The lowest BCUT2D eigenvalue weighted by atomic mass is 10.0. The van der Waals surface area contributed by atoms with Crippen molar-refractivity contribution in [2.24, 2.45) is 0 Å². The zero-order chi connectivity index (χ0) is 25.2. The first kappa shape index (κ1) is 25.0. The number of carbonyl (C=O) groups is 1. The minimum absolute atomic E-state index is 0.0178. The van der Waals surface area contributed by atoms with Crippen LogP contribution in [0.2, 0.25) is 0 Å². The van der Waals surface area contributed by atoms with Gasteiger partial charge in [-0.15, -0.1) is 0 Å². The normalized spacial score (nSPS) is 15.4. The second-order valence-electron chi connectivity index (χ2n) is 8.59. The van der Waals surface area contributed by atoms with E-state index in [1.165, 1.54) is 12.5 Å². The van der Waals surface area contributed by atoms with Crippen molar-refractivity contribution in [3.05, 3.63) is 47.4 Å². The van der Waals surface area contributed by atoms with Gasteiger partial charge in [0.1, 0.15) is 11.2 Å². The number of ketones is 1. The van der Waals surface area contributed by atoms with Crippen molar-refractivity contribution in [1.29, 1.82) is 0 Å². The third kappa shape index (κ3) is 5.27. The van der Waals surface area contributed by atoms with Crippen molar-refractivity contribution in [2.75, 3.05) is 35.4 Å². The average molecular weight is 508 g/mol. The molecular formula is C23H29F2N6O3S+. The smallest absolute Gasteiger partial charge is 0.232 e. The molecule has 1 saturated heterocycles. The zero-order valence-electron chi connectivity index (χ0n) is 19.6. The molecule has 0 amide bonds. The molecule has 1 aromatic carbocycles. The average Bonchev–Trinajstić information content (AvgIpc) is 3.27. The Morgan fingerprint density at radius 3 is 2.69 bits per heavy atom. The van der Waals surface area contributed by atoms with Crippen LogP contribution >= 0.6 is 0 Å². The number of halogens is 2. The lowest BCUT2D eigenvalue weighted by Gasteiger charge is -2.30. The fraction of sp³-hybridized carbons (Fsp3) is 0.435. The summed E-state index contributed by atoms with van der Waals surface area (Å²) < 4.78 is 56.3. The van der Waals surface area contributed by atoms with E-state index in [-0.39, 0.29) is 17.4 Å². The zero-order valence-corrected chi connectivity index (χ0v) is 20.4. The molecule has 1 aliphatic rings. The predicted molar refractivity (Wildman–Crippen MR) is 129 cm³/mol. The molecule has 9 nitrogen and oxygen atoms in total.